The third kappa shape index (κ3) is 2.50. The number of anilines is 1. The third-order valence-electron chi connectivity index (χ3n) is 4.66. The van der Waals surface area contributed by atoms with Crippen LogP contribution in [0, 0.1) is 13.8 Å². The number of hydrogen-bond acceptors (Lipinski definition) is 3. The summed E-state index contributed by atoms with van der Waals surface area (Å²) in [4.78, 5) is 4.40. The first-order valence-corrected chi connectivity index (χ1v) is 8.00. The zero-order valence-electron chi connectivity index (χ0n) is 13.4. The van der Waals surface area contributed by atoms with Crippen LogP contribution in [0.5, 0.6) is 0 Å². The lowest BCUT2D eigenvalue weighted by Gasteiger charge is -2.32. The van der Waals surface area contributed by atoms with Crippen LogP contribution in [0.25, 0.3) is 0 Å². The van der Waals surface area contributed by atoms with E-state index in [0.29, 0.717) is 0 Å². The highest BCUT2D eigenvalue weighted by Crippen LogP contribution is 2.38. The predicted molar refractivity (Wildman–Crippen MR) is 91.5 cm³/mol. The van der Waals surface area contributed by atoms with E-state index in [1.807, 2.05) is 4.68 Å². The Morgan fingerprint density at radius 1 is 1.04 bits per heavy atom. The Morgan fingerprint density at radius 2 is 1.83 bits per heavy atom. The van der Waals surface area contributed by atoms with Gasteiger partial charge in [0.25, 0.3) is 0 Å². The van der Waals surface area contributed by atoms with Crippen LogP contribution >= 0.6 is 0 Å². The molecule has 4 nitrogen and oxygen atoms in total. The summed E-state index contributed by atoms with van der Waals surface area (Å²) in [5.41, 5.74) is 5.19. The molecule has 2 heterocycles. The zero-order valence-corrected chi connectivity index (χ0v) is 13.4. The van der Waals surface area contributed by atoms with E-state index in [9.17, 15) is 0 Å². The van der Waals surface area contributed by atoms with E-state index in [-0.39, 0.29) is 12.1 Å². The van der Waals surface area contributed by atoms with Gasteiger partial charge in [-0.3, -0.25) is 0 Å². The second-order valence-electron chi connectivity index (χ2n) is 6.24. The molecule has 0 saturated heterocycles. The van der Waals surface area contributed by atoms with Crippen molar-refractivity contribution in [2.45, 2.75) is 32.4 Å². The van der Waals surface area contributed by atoms with Crippen molar-refractivity contribution < 1.29 is 0 Å². The summed E-state index contributed by atoms with van der Waals surface area (Å²) in [6.45, 7) is 4.28. The zero-order chi connectivity index (χ0) is 15.8. The molecule has 116 valence electrons. The van der Waals surface area contributed by atoms with Gasteiger partial charge in [0.05, 0.1) is 12.1 Å². The Balaban J connectivity index is 1.75. The highest BCUT2D eigenvalue weighted by Gasteiger charge is 2.30. The summed E-state index contributed by atoms with van der Waals surface area (Å²) >= 11 is 0. The summed E-state index contributed by atoms with van der Waals surface area (Å²) in [6, 6.07) is 17.7. The second-order valence-corrected chi connectivity index (χ2v) is 6.24. The standard InChI is InChI=1S/C19H20N4/c1-13-7-9-15(10-8-13)17-11-18(16-6-4-3-5-14(16)2)23-19(22-17)20-12-21-23/h3-10,12,17-18H,11H2,1-2H3,(H,20,21,22)/t17-,18+/m0/s1. The minimum Gasteiger partial charge on any atom is -0.348 e. The fourth-order valence-corrected chi connectivity index (χ4v) is 3.36. The van der Waals surface area contributed by atoms with Gasteiger partial charge in [-0.25, -0.2) is 4.68 Å². The molecule has 0 fully saturated rings. The molecule has 2 atom stereocenters. The van der Waals surface area contributed by atoms with Crippen molar-refractivity contribution in [2.75, 3.05) is 5.32 Å². The van der Waals surface area contributed by atoms with E-state index in [4.69, 9.17) is 0 Å². The molecule has 3 aromatic rings. The van der Waals surface area contributed by atoms with Gasteiger partial charge in [-0.05, 0) is 37.0 Å². The van der Waals surface area contributed by atoms with Gasteiger partial charge >= 0.3 is 0 Å². The van der Waals surface area contributed by atoms with Crippen LogP contribution in [0.1, 0.15) is 40.8 Å². The van der Waals surface area contributed by atoms with Crippen LogP contribution in [0.4, 0.5) is 5.95 Å². The maximum atomic E-state index is 4.44. The SMILES string of the molecule is Cc1ccc([C@@H]2C[C@H](c3ccccc3C)n3ncnc3N2)cc1. The molecule has 4 heteroatoms. The topological polar surface area (TPSA) is 42.7 Å². The van der Waals surface area contributed by atoms with Crippen LogP contribution in [0.15, 0.2) is 54.9 Å². The summed E-state index contributed by atoms with van der Waals surface area (Å²) in [6.07, 6.45) is 2.59. The number of nitrogens with one attached hydrogen (secondary N) is 1. The van der Waals surface area contributed by atoms with E-state index in [1.165, 1.54) is 22.3 Å². The fraction of sp³-hybridized carbons (Fsp3) is 0.263. The summed E-state index contributed by atoms with van der Waals surface area (Å²) < 4.78 is 2.01. The van der Waals surface area contributed by atoms with Gasteiger partial charge in [-0.1, -0.05) is 54.1 Å². The molecule has 0 amide bonds. The van der Waals surface area contributed by atoms with Crippen molar-refractivity contribution in [3.63, 3.8) is 0 Å². The minimum absolute atomic E-state index is 0.209. The molecule has 1 aliphatic heterocycles. The van der Waals surface area contributed by atoms with Gasteiger partial charge in [0.2, 0.25) is 5.95 Å². The molecule has 23 heavy (non-hydrogen) atoms. The van der Waals surface area contributed by atoms with Crippen LogP contribution in [-0.4, -0.2) is 14.8 Å². The second kappa shape index (κ2) is 5.54. The Labute approximate surface area is 136 Å². The largest absolute Gasteiger partial charge is 0.348 e. The molecule has 0 aliphatic carbocycles. The molecule has 1 aliphatic rings. The molecule has 0 radical (unpaired) electrons. The molecule has 2 aromatic carbocycles. The van der Waals surface area contributed by atoms with Gasteiger partial charge in [0.1, 0.15) is 6.33 Å². The number of aryl methyl sites for hydroxylation is 2. The van der Waals surface area contributed by atoms with Crippen molar-refractivity contribution in [2.24, 2.45) is 0 Å². The van der Waals surface area contributed by atoms with Crippen molar-refractivity contribution in [3.05, 3.63) is 77.1 Å². The Hall–Kier alpha value is -2.62. The number of fused-ring (bicyclic) bond motifs is 1. The van der Waals surface area contributed by atoms with Crippen molar-refractivity contribution in [1.29, 1.82) is 0 Å². The van der Waals surface area contributed by atoms with E-state index < -0.39 is 0 Å². The molecule has 0 saturated carbocycles. The number of rotatable bonds is 2. The summed E-state index contributed by atoms with van der Waals surface area (Å²) in [5, 5.41) is 7.96. The smallest absolute Gasteiger partial charge is 0.222 e. The Kier molecular flexibility index (Phi) is 3.37. The first kappa shape index (κ1) is 14.0. The molecule has 0 bridgehead atoms. The van der Waals surface area contributed by atoms with Gasteiger partial charge in [-0.15, -0.1) is 0 Å². The van der Waals surface area contributed by atoms with E-state index in [2.05, 4.69) is 77.8 Å². The van der Waals surface area contributed by atoms with Crippen molar-refractivity contribution in [1.82, 2.24) is 14.8 Å². The van der Waals surface area contributed by atoms with Gasteiger partial charge in [-0.2, -0.15) is 10.1 Å². The van der Waals surface area contributed by atoms with Crippen LogP contribution < -0.4 is 5.32 Å². The van der Waals surface area contributed by atoms with Crippen LogP contribution in [-0.2, 0) is 0 Å². The Morgan fingerprint density at radius 3 is 2.61 bits per heavy atom. The third-order valence-corrected chi connectivity index (χ3v) is 4.66. The summed E-state index contributed by atoms with van der Waals surface area (Å²) in [7, 11) is 0. The average molecular weight is 304 g/mol. The molecular weight excluding hydrogens is 284 g/mol. The maximum absolute atomic E-state index is 4.44. The highest BCUT2D eigenvalue weighted by atomic mass is 15.4. The van der Waals surface area contributed by atoms with Crippen LogP contribution in [0.2, 0.25) is 0 Å². The van der Waals surface area contributed by atoms with Gasteiger partial charge in [0, 0.05) is 0 Å². The number of benzene rings is 2. The van der Waals surface area contributed by atoms with E-state index in [0.717, 1.165) is 12.4 Å². The lowest BCUT2D eigenvalue weighted by atomic mass is 9.91. The number of aromatic nitrogens is 3. The van der Waals surface area contributed by atoms with E-state index in [1.54, 1.807) is 6.33 Å². The molecular formula is C19H20N4. The molecule has 1 aromatic heterocycles. The normalized spacial score (nSPS) is 19.9. The monoisotopic (exact) mass is 304 g/mol. The molecule has 0 unspecified atom stereocenters. The first-order valence-electron chi connectivity index (χ1n) is 8.00. The molecule has 4 rings (SSSR count). The predicted octanol–water partition coefficient (Wildman–Crippen LogP) is 4.04. The maximum Gasteiger partial charge on any atom is 0.222 e. The van der Waals surface area contributed by atoms with E-state index >= 15 is 0 Å². The van der Waals surface area contributed by atoms with Gasteiger partial charge in [0.15, 0.2) is 0 Å². The lowest BCUT2D eigenvalue weighted by Crippen LogP contribution is -2.28. The van der Waals surface area contributed by atoms with Gasteiger partial charge < -0.3 is 5.32 Å². The lowest BCUT2D eigenvalue weighted by molar-refractivity contribution is 0.429. The first-order chi connectivity index (χ1) is 11.2. The Bertz CT molecular complexity index is 819. The summed E-state index contributed by atoms with van der Waals surface area (Å²) in [5.74, 6) is 0.843. The molecule has 1 N–H and O–H groups in total. The molecule has 0 spiro atoms. The van der Waals surface area contributed by atoms with Crippen molar-refractivity contribution >= 4 is 5.95 Å². The number of nitrogens with zero attached hydrogens (tertiary/aromatic N) is 3. The van der Waals surface area contributed by atoms with Crippen LogP contribution in [0.3, 0.4) is 0 Å². The number of hydrogen-bond donors (Lipinski definition) is 1. The quantitative estimate of drug-likeness (QED) is 0.777. The average Bonchev–Trinajstić information content (AvgIpc) is 3.04. The highest BCUT2D eigenvalue weighted by molar-refractivity contribution is 5.40. The minimum atomic E-state index is 0.209. The van der Waals surface area contributed by atoms with Crippen molar-refractivity contribution in [3.8, 4) is 0 Å². The fourth-order valence-electron chi connectivity index (χ4n) is 3.36.